The molecule has 0 fully saturated rings. The summed E-state index contributed by atoms with van der Waals surface area (Å²) in [5.41, 5.74) is 0.464. The molecule has 0 heterocycles. The lowest BCUT2D eigenvalue weighted by Gasteiger charge is -2.24. The monoisotopic (exact) mass is 391 g/mol. The number of rotatable bonds is 8. The second-order valence-electron chi connectivity index (χ2n) is 4.27. The van der Waals surface area contributed by atoms with Gasteiger partial charge in [-0.05, 0) is 6.07 Å². The first-order valence-corrected chi connectivity index (χ1v) is 9.06. The highest BCUT2D eigenvalue weighted by atomic mass is 79.9. The number of non-ortho nitro benzene ring substituents is 1. The van der Waals surface area contributed by atoms with E-state index in [4.69, 9.17) is 5.26 Å². The summed E-state index contributed by atoms with van der Waals surface area (Å²) in [5.74, 6) is 0. The zero-order chi connectivity index (χ0) is 16.8. The minimum absolute atomic E-state index is 0.0757. The number of halogens is 1. The first kappa shape index (κ1) is 18.3. The Hall–Kier alpha value is -1.70. The van der Waals surface area contributed by atoms with Crippen LogP contribution in [0.25, 0.3) is 0 Å². The van der Waals surface area contributed by atoms with Gasteiger partial charge in [-0.15, -0.1) is 0 Å². The van der Waals surface area contributed by atoms with Crippen LogP contribution in [0.15, 0.2) is 18.2 Å². The molecule has 0 aliphatic carbocycles. The van der Waals surface area contributed by atoms with Crippen LogP contribution in [0.2, 0.25) is 0 Å². The molecule has 0 amide bonds. The fourth-order valence-electron chi connectivity index (χ4n) is 1.76. The average Bonchev–Trinajstić information content (AvgIpc) is 2.44. The van der Waals surface area contributed by atoms with Crippen LogP contribution in [0, 0.1) is 21.4 Å². The maximum Gasteiger partial charge on any atom is 0.270 e. The van der Waals surface area contributed by atoms with Crippen molar-refractivity contribution in [3.05, 3.63) is 33.9 Å². The summed E-state index contributed by atoms with van der Waals surface area (Å²) in [6, 6.07) is 5.88. The molecule has 0 aliphatic heterocycles. The van der Waals surface area contributed by atoms with Crippen molar-refractivity contribution in [2.24, 2.45) is 0 Å². The van der Waals surface area contributed by atoms with Crippen molar-refractivity contribution in [3.63, 3.8) is 0 Å². The molecular weight excluding hydrogens is 378 g/mol. The van der Waals surface area contributed by atoms with Gasteiger partial charge in [0.1, 0.15) is 6.07 Å². The number of hydrogen-bond acceptors (Lipinski definition) is 7. The molecule has 8 nitrogen and oxygen atoms in total. The van der Waals surface area contributed by atoms with Crippen molar-refractivity contribution in [2.45, 2.75) is 0 Å². The van der Waals surface area contributed by atoms with Crippen molar-refractivity contribution in [3.8, 4) is 6.07 Å². The van der Waals surface area contributed by atoms with Gasteiger partial charge in [0, 0.05) is 30.6 Å². The molecule has 0 radical (unpaired) electrons. The summed E-state index contributed by atoms with van der Waals surface area (Å²) in [7, 11) is -3.54. The lowest BCUT2D eigenvalue weighted by molar-refractivity contribution is -0.384. The van der Waals surface area contributed by atoms with Crippen LogP contribution in [0.4, 0.5) is 11.4 Å². The second-order valence-corrected chi connectivity index (χ2v) is 6.71. The number of nitriles is 1. The number of benzene rings is 1. The lowest BCUT2D eigenvalue weighted by Crippen LogP contribution is -2.30. The maximum atomic E-state index is 11.0. The predicted octanol–water partition coefficient (Wildman–Crippen LogP) is 1.64. The molecule has 0 bridgehead atoms. The van der Waals surface area contributed by atoms with Crippen LogP contribution in [0.1, 0.15) is 5.56 Å². The molecule has 0 atom stereocenters. The van der Waals surface area contributed by atoms with Gasteiger partial charge >= 0.3 is 0 Å². The molecule has 0 saturated heterocycles. The van der Waals surface area contributed by atoms with Gasteiger partial charge in [0.15, 0.2) is 0 Å². The molecular formula is C12H14BrN3O5S. The molecule has 0 unspecified atom stereocenters. The standard InChI is InChI=1S/C12H14BrN3O5S/c1-22(19,20)21-7-6-15(5-4-13)12-3-2-11(16(17)18)8-10(12)9-14/h2-3,8H,4-7H2,1H3. The van der Waals surface area contributed by atoms with Gasteiger partial charge < -0.3 is 4.90 Å². The van der Waals surface area contributed by atoms with Crippen LogP contribution in [0.3, 0.4) is 0 Å². The van der Waals surface area contributed by atoms with E-state index in [9.17, 15) is 18.5 Å². The van der Waals surface area contributed by atoms with Gasteiger partial charge in [-0.2, -0.15) is 13.7 Å². The third kappa shape index (κ3) is 5.59. The highest BCUT2D eigenvalue weighted by molar-refractivity contribution is 9.09. The van der Waals surface area contributed by atoms with E-state index in [1.54, 1.807) is 4.90 Å². The van der Waals surface area contributed by atoms with Crippen LogP contribution >= 0.6 is 15.9 Å². The third-order valence-corrected chi connectivity index (χ3v) is 3.61. The Bertz CT molecular complexity index is 686. The van der Waals surface area contributed by atoms with Gasteiger partial charge in [-0.1, -0.05) is 15.9 Å². The Morgan fingerprint density at radius 2 is 2.14 bits per heavy atom. The van der Waals surface area contributed by atoms with Crippen molar-refractivity contribution in [2.75, 3.05) is 36.2 Å². The summed E-state index contributed by atoms with van der Waals surface area (Å²) in [4.78, 5) is 11.9. The zero-order valence-corrected chi connectivity index (χ0v) is 14.1. The summed E-state index contributed by atoms with van der Waals surface area (Å²) < 4.78 is 26.6. The van der Waals surface area contributed by atoms with Gasteiger partial charge in [0.2, 0.25) is 0 Å². The lowest BCUT2D eigenvalue weighted by atomic mass is 10.1. The largest absolute Gasteiger partial charge is 0.367 e. The maximum absolute atomic E-state index is 11.0. The molecule has 1 aromatic carbocycles. The van der Waals surface area contributed by atoms with Gasteiger partial charge in [-0.3, -0.25) is 14.3 Å². The number of alkyl halides is 1. The first-order chi connectivity index (χ1) is 10.3. The molecule has 120 valence electrons. The van der Waals surface area contributed by atoms with E-state index in [0.29, 0.717) is 17.6 Å². The Morgan fingerprint density at radius 1 is 1.45 bits per heavy atom. The zero-order valence-electron chi connectivity index (χ0n) is 11.7. The highest BCUT2D eigenvalue weighted by Gasteiger charge is 2.16. The van der Waals surface area contributed by atoms with E-state index < -0.39 is 15.0 Å². The van der Waals surface area contributed by atoms with Gasteiger partial charge in [0.05, 0.1) is 29.0 Å². The molecule has 1 rings (SSSR count). The summed E-state index contributed by atoms with van der Waals surface area (Å²) in [6.07, 6.45) is 0.953. The van der Waals surface area contributed by atoms with Crippen molar-refractivity contribution < 1.29 is 17.5 Å². The average molecular weight is 392 g/mol. The molecule has 0 aromatic heterocycles. The quantitative estimate of drug-likeness (QED) is 0.286. The van der Waals surface area contributed by atoms with Crippen molar-refractivity contribution in [1.82, 2.24) is 0 Å². The molecule has 0 aliphatic rings. The smallest absolute Gasteiger partial charge is 0.270 e. The van der Waals surface area contributed by atoms with Crippen molar-refractivity contribution >= 4 is 37.4 Å². The fraction of sp³-hybridized carbons (Fsp3) is 0.417. The summed E-state index contributed by atoms with van der Waals surface area (Å²) >= 11 is 3.27. The van der Waals surface area contributed by atoms with Crippen LogP contribution < -0.4 is 4.90 Å². The number of hydrogen-bond donors (Lipinski definition) is 0. The Labute approximate surface area is 136 Å². The minimum Gasteiger partial charge on any atom is -0.367 e. The van der Waals surface area contributed by atoms with Crippen LogP contribution in [-0.4, -0.2) is 44.6 Å². The normalized spacial score (nSPS) is 11.0. The Balaban J connectivity index is 3.00. The molecule has 0 spiro atoms. The summed E-state index contributed by atoms with van der Waals surface area (Å²) in [6.45, 7) is 0.637. The summed E-state index contributed by atoms with van der Waals surface area (Å²) in [5, 5.41) is 20.5. The first-order valence-electron chi connectivity index (χ1n) is 6.12. The molecule has 0 saturated carbocycles. The van der Waals surface area contributed by atoms with Crippen molar-refractivity contribution in [1.29, 1.82) is 5.26 Å². The van der Waals surface area contributed by atoms with E-state index in [2.05, 4.69) is 20.1 Å². The number of nitrogens with zero attached hydrogens (tertiary/aromatic N) is 3. The van der Waals surface area contributed by atoms with Gasteiger partial charge in [0.25, 0.3) is 15.8 Å². The minimum atomic E-state index is -3.54. The van der Waals surface area contributed by atoms with Crippen LogP contribution in [0.5, 0.6) is 0 Å². The Kier molecular flexibility index (Phi) is 6.73. The van der Waals surface area contributed by atoms with E-state index in [1.165, 1.54) is 18.2 Å². The predicted molar refractivity (Wildman–Crippen MR) is 84.6 cm³/mol. The number of nitro benzene ring substituents is 1. The molecule has 10 heteroatoms. The molecule has 0 N–H and O–H groups in total. The van der Waals surface area contributed by atoms with E-state index >= 15 is 0 Å². The fourth-order valence-corrected chi connectivity index (χ4v) is 2.56. The molecule has 1 aromatic rings. The van der Waals surface area contributed by atoms with E-state index in [1.807, 2.05) is 6.07 Å². The second kappa shape index (κ2) is 8.07. The number of anilines is 1. The van der Waals surface area contributed by atoms with E-state index in [0.717, 1.165) is 6.26 Å². The third-order valence-electron chi connectivity index (χ3n) is 2.67. The molecule has 22 heavy (non-hydrogen) atoms. The van der Waals surface area contributed by atoms with Gasteiger partial charge in [-0.25, -0.2) is 0 Å². The van der Waals surface area contributed by atoms with Crippen LogP contribution in [-0.2, 0) is 14.3 Å². The highest BCUT2D eigenvalue weighted by Crippen LogP contribution is 2.25. The Morgan fingerprint density at radius 3 is 2.64 bits per heavy atom. The SMILES string of the molecule is CS(=O)(=O)OCCN(CCBr)c1ccc([N+](=O)[O-])cc1C#N. The number of nitro groups is 1. The topological polar surface area (TPSA) is 114 Å². The van der Waals surface area contributed by atoms with E-state index in [-0.39, 0.29) is 24.4 Å².